The summed E-state index contributed by atoms with van der Waals surface area (Å²) in [6, 6.07) is 5.12. The number of benzene rings is 1. The van der Waals surface area contributed by atoms with E-state index in [1.165, 1.54) is 11.3 Å². The van der Waals surface area contributed by atoms with Gasteiger partial charge in [0.2, 0.25) is 0 Å². The number of nitrogens with two attached hydrogens (primary N) is 1. The normalized spacial score (nSPS) is 12.9. The van der Waals surface area contributed by atoms with Crippen molar-refractivity contribution in [2.24, 2.45) is 5.73 Å². The molecule has 0 saturated heterocycles. The Morgan fingerprint density at radius 2 is 1.84 bits per heavy atom. The molecule has 0 spiro atoms. The van der Waals surface area contributed by atoms with E-state index in [4.69, 9.17) is 5.73 Å². The molecule has 0 saturated carbocycles. The van der Waals surface area contributed by atoms with Crippen molar-refractivity contribution in [3.8, 4) is 0 Å². The maximum atomic E-state index is 13.6. The highest BCUT2D eigenvalue weighted by molar-refractivity contribution is 7.10. The van der Waals surface area contributed by atoms with Gasteiger partial charge < -0.3 is 5.73 Å². The molecule has 1 aromatic heterocycles. The van der Waals surface area contributed by atoms with Gasteiger partial charge in [-0.25, -0.2) is 4.39 Å². The molecular weight excluding hydrogens is 302 g/mol. The van der Waals surface area contributed by atoms with E-state index in [9.17, 15) is 17.6 Å². The zero-order valence-electron chi connectivity index (χ0n) is 9.45. The van der Waals surface area contributed by atoms with Crippen LogP contribution in [0.2, 0.25) is 0 Å². The third kappa shape index (κ3) is 3.46. The summed E-state index contributed by atoms with van der Waals surface area (Å²) in [6.45, 7) is 0. The lowest BCUT2D eigenvalue weighted by Gasteiger charge is -2.13. The van der Waals surface area contributed by atoms with Gasteiger partial charge in [-0.2, -0.15) is 13.2 Å². The Morgan fingerprint density at radius 3 is 2.32 bits per heavy atom. The Kier molecular flexibility index (Phi) is 4.95. The second kappa shape index (κ2) is 5.90. The highest BCUT2D eigenvalue weighted by atomic mass is 35.5. The predicted octanol–water partition coefficient (Wildman–Crippen LogP) is 4.38. The van der Waals surface area contributed by atoms with Gasteiger partial charge in [-0.05, 0) is 23.6 Å². The lowest BCUT2D eigenvalue weighted by molar-refractivity contribution is -0.137. The van der Waals surface area contributed by atoms with Crippen LogP contribution in [0.5, 0.6) is 0 Å². The van der Waals surface area contributed by atoms with Gasteiger partial charge in [0.1, 0.15) is 5.82 Å². The van der Waals surface area contributed by atoms with E-state index >= 15 is 0 Å². The van der Waals surface area contributed by atoms with Crippen molar-refractivity contribution >= 4 is 23.7 Å². The Labute approximate surface area is 117 Å². The van der Waals surface area contributed by atoms with Crippen molar-refractivity contribution in [3.05, 3.63) is 57.5 Å². The summed E-state index contributed by atoms with van der Waals surface area (Å²) in [5.41, 5.74) is 4.86. The van der Waals surface area contributed by atoms with Crippen LogP contribution in [0.15, 0.2) is 35.7 Å². The van der Waals surface area contributed by atoms with E-state index in [2.05, 4.69) is 0 Å². The third-order valence-corrected chi connectivity index (χ3v) is 3.47. The van der Waals surface area contributed by atoms with Crippen LogP contribution in [0.4, 0.5) is 17.6 Å². The number of halogens is 5. The van der Waals surface area contributed by atoms with Crippen LogP contribution in [-0.4, -0.2) is 0 Å². The molecule has 1 nitrogen and oxygen atoms in total. The standard InChI is InChI=1S/C12H9F4NS.ClH/c13-9-6-7(12(14,15)16)3-4-8(9)11(17)10-2-1-5-18-10;/h1-6,11H,17H2;1H/t11-;/m1./s1. The molecule has 1 aromatic carbocycles. The van der Waals surface area contributed by atoms with Gasteiger partial charge in [0.05, 0.1) is 11.6 Å². The molecular formula is C12H10ClF4NS. The third-order valence-electron chi connectivity index (χ3n) is 2.51. The van der Waals surface area contributed by atoms with Gasteiger partial charge in [-0.3, -0.25) is 0 Å². The molecule has 19 heavy (non-hydrogen) atoms. The highest BCUT2D eigenvalue weighted by Crippen LogP contribution is 2.32. The molecule has 0 amide bonds. The van der Waals surface area contributed by atoms with Crippen molar-refractivity contribution < 1.29 is 17.6 Å². The molecule has 0 aliphatic carbocycles. The molecule has 0 aliphatic rings. The zero-order chi connectivity index (χ0) is 13.3. The number of hydrogen-bond donors (Lipinski definition) is 1. The quantitative estimate of drug-likeness (QED) is 0.819. The van der Waals surface area contributed by atoms with Crippen LogP contribution in [0.25, 0.3) is 0 Å². The molecule has 7 heteroatoms. The van der Waals surface area contributed by atoms with E-state index in [1.807, 2.05) is 0 Å². The average Bonchev–Trinajstić information content (AvgIpc) is 2.80. The topological polar surface area (TPSA) is 26.0 Å². The van der Waals surface area contributed by atoms with Gasteiger partial charge in [-0.15, -0.1) is 23.7 Å². The van der Waals surface area contributed by atoms with Gasteiger partial charge in [0, 0.05) is 10.4 Å². The summed E-state index contributed by atoms with van der Waals surface area (Å²) in [5.74, 6) is -0.939. The Hall–Kier alpha value is -1.11. The SMILES string of the molecule is Cl.N[C@@H](c1cccs1)c1ccc(C(F)(F)F)cc1F. The highest BCUT2D eigenvalue weighted by Gasteiger charge is 2.31. The minimum atomic E-state index is -4.55. The smallest absolute Gasteiger partial charge is 0.320 e. The molecule has 0 bridgehead atoms. The summed E-state index contributed by atoms with van der Waals surface area (Å²) in [5, 5.41) is 1.77. The molecule has 0 aliphatic heterocycles. The molecule has 0 fully saturated rings. The molecule has 0 unspecified atom stereocenters. The van der Waals surface area contributed by atoms with Crippen molar-refractivity contribution in [2.45, 2.75) is 12.2 Å². The summed E-state index contributed by atoms with van der Waals surface area (Å²) >= 11 is 1.33. The fourth-order valence-corrected chi connectivity index (χ4v) is 2.32. The second-order valence-electron chi connectivity index (χ2n) is 3.73. The maximum absolute atomic E-state index is 13.6. The van der Waals surface area contributed by atoms with Gasteiger partial charge in [0.15, 0.2) is 0 Å². The first kappa shape index (κ1) is 15.9. The molecule has 104 valence electrons. The molecule has 2 N–H and O–H groups in total. The van der Waals surface area contributed by atoms with E-state index in [-0.39, 0.29) is 18.0 Å². The molecule has 2 rings (SSSR count). The summed E-state index contributed by atoms with van der Waals surface area (Å²) in [6.07, 6.45) is -4.55. The minimum Gasteiger partial charge on any atom is -0.320 e. The number of rotatable bonds is 2. The van der Waals surface area contributed by atoms with E-state index in [0.29, 0.717) is 10.9 Å². The Balaban J connectivity index is 0.00000180. The largest absolute Gasteiger partial charge is 0.416 e. The van der Waals surface area contributed by atoms with Crippen LogP contribution in [-0.2, 0) is 6.18 Å². The second-order valence-corrected chi connectivity index (χ2v) is 4.71. The first-order valence-corrected chi connectivity index (χ1v) is 5.93. The van der Waals surface area contributed by atoms with E-state index in [0.717, 1.165) is 12.1 Å². The van der Waals surface area contributed by atoms with Crippen LogP contribution in [0.3, 0.4) is 0 Å². The van der Waals surface area contributed by atoms with E-state index in [1.54, 1.807) is 17.5 Å². The maximum Gasteiger partial charge on any atom is 0.416 e. The zero-order valence-corrected chi connectivity index (χ0v) is 11.1. The first-order chi connectivity index (χ1) is 8.39. The molecule has 0 radical (unpaired) electrons. The van der Waals surface area contributed by atoms with Gasteiger partial charge in [0.25, 0.3) is 0 Å². The number of hydrogen-bond acceptors (Lipinski definition) is 2. The molecule has 1 atom stereocenters. The summed E-state index contributed by atoms with van der Waals surface area (Å²) in [4.78, 5) is 0.702. The number of alkyl halides is 3. The Bertz CT molecular complexity index is 539. The van der Waals surface area contributed by atoms with Gasteiger partial charge in [-0.1, -0.05) is 12.1 Å². The molecule has 1 heterocycles. The van der Waals surface area contributed by atoms with Crippen molar-refractivity contribution in [1.82, 2.24) is 0 Å². The van der Waals surface area contributed by atoms with Crippen molar-refractivity contribution in [2.75, 3.05) is 0 Å². The number of thiophene rings is 1. The molecule has 2 aromatic rings. The lowest BCUT2D eigenvalue weighted by atomic mass is 10.0. The van der Waals surface area contributed by atoms with Crippen molar-refractivity contribution in [1.29, 1.82) is 0 Å². The fraction of sp³-hybridized carbons (Fsp3) is 0.167. The minimum absolute atomic E-state index is 0. The van der Waals surface area contributed by atoms with Crippen LogP contribution in [0.1, 0.15) is 22.0 Å². The average molecular weight is 312 g/mol. The monoisotopic (exact) mass is 311 g/mol. The van der Waals surface area contributed by atoms with Gasteiger partial charge >= 0.3 is 6.18 Å². The first-order valence-electron chi connectivity index (χ1n) is 5.05. The predicted molar refractivity (Wildman–Crippen MR) is 69.0 cm³/mol. The van der Waals surface area contributed by atoms with Crippen LogP contribution in [0, 0.1) is 5.82 Å². The fourth-order valence-electron chi connectivity index (χ4n) is 1.58. The van der Waals surface area contributed by atoms with Crippen molar-refractivity contribution in [3.63, 3.8) is 0 Å². The summed E-state index contributed by atoms with van der Waals surface area (Å²) < 4.78 is 50.8. The lowest BCUT2D eigenvalue weighted by Crippen LogP contribution is -2.14. The van der Waals surface area contributed by atoms with Crippen LogP contribution >= 0.6 is 23.7 Å². The summed E-state index contributed by atoms with van der Waals surface area (Å²) in [7, 11) is 0. The Morgan fingerprint density at radius 1 is 1.16 bits per heavy atom. The van der Waals surface area contributed by atoms with E-state index < -0.39 is 23.6 Å². The van der Waals surface area contributed by atoms with Crippen LogP contribution < -0.4 is 5.73 Å².